The summed E-state index contributed by atoms with van der Waals surface area (Å²) >= 11 is 5.91. The van der Waals surface area contributed by atoms with Gasteiger partial charge in [-0.3, -0.25) is 4.79 Å². The highest BCUT2D eigenvalue weighted by molar-refractivity contribution is 7.88. The Morgan fingerprint density at radius 3 is 2.81 bits per heavy atom. The molecule has 0 bridgehead atoms. The Labute approximate surface area is 129 Å². The molecule has 2 rings (SSSR count). The summed E-state index contributed by atoms with van der Waals surface area (Å²) in [4.78, 5) is 12.3. The zero-order valence-electron chi connectivity index (χ0n) is 11.8. The molecule has 8 heteroatoms. The van der Waals surface area contributed by atoms with Crippen molar-refractivity contribution in [1.29, 1.82) is 0 Å². The van der Waals surface area contributed by atoms with Crippen molar-refractivity contribution in [3.8, 4) is 5.75 Å². The van der Waals surface area contributed by atoms with Crippen molar-refractivity contribution in [2.45, 2.75) is 18.9 Å². The van der Waals surface area contributed by atoms with E-state index in [1.165, 1.54) is 11.4 Å². The lowest BCUT2D eigenvalue weighted by Crippen LogP contribution is -2.42. The van der Waals surface area contributed by atoms with Crippen LogP contribution < -0.4 is 10.1 Å². The molecule has 1 fully saturated rings. The number of rotatable bonds is 4. The molecule has 1 aromatic rings. The van der Waals surface area contributed by atoms with Crippen molar-refractivity contribution in [3.05, 3.63) is 23.2 Å². The van der Waals surface area contributed by atoms with Crippen LogP contribution in [0.25, 0.3) is 0 Å². The standard InChI is InChI=1S/C13H17ClN2O4S/c1-20-12-6-5-9(14)8-10(12)15-13(17)11-4-3-7-16(11)21(2,18)19/h5-6,8,11H,3-4,7H2,1-2H3,(H,15,17). The second-order valence-electron chi connectivity index (χ2n) is 4.87. The average Bonchev–Trinajstić information content (AvgIpc) is 2.88. The van der Waals surface area contributed by atoms with Gasteiger partial charge < -0.3 is 10.1 Å². The van der Waals surface area contributed by atoms with Gasteiger partial charge in [-0.15, -0.1) is 0 Å². The molecule has 1 aliphatic rings. The van der Waals surface area contributed by atoms with Crippen molar-refractivity contribution in [2.24, 2.45) is 0 Å². The first-order valence-electron chi connectivity index (χ1n) is 6.44. The monoisotopic (exact) mass is 332 g/mol. The number of ether oxygens (including phenoxy) is 1. The normalized spacial score (nSPS) is 19.5. The van der Waals surface area contributed by atoms with Gasteiger partial charge in [0.1, 0.15) is 11.8 Å². The molecule has 1 amide bonds. The van der Waals surface area contributed by atoms with Crippen molar-refractivity contribution in [2.75, 3.05) is 25.2 Å². The first kappa shape index (κ1) is 16.1. The molecule has 1 heterocycles. The van der Waals surface area contributed by atoms with Crippen molar-refractivity contribution in [1.82, 2.24) is 4.31 Å². The Kier molecular flexibility index (Phi) is 4.75. The van der Waals surface area contributed by atoms with Crippen LogP contribution in [0.3, 0.4) is 0 Å². The molecule has 6 nitrogen and oxygen atoms in total. The molecular formula is C13H17ClN2O4S. The van der Waals surface area contributed by atoms with Gasteiger partial charge in [-0.1, -0.05) is 11.6 Å². The van der Waals surface area contributed by atoms with Gasteiger partial charge in [0.25, 0.3) is 0 Å². The van der Waals surface area contributed by atoms with Crippen LogP contribution in [-0.2, 0) is 14.8 Å². The molecule has 1 atom stereocenters. The number of methoxy groups -OCH3 is 1. The van der Waals surface area contributed by atoms with E-state index in [1.54, 1.807) is 18.2 Å². The Morgan fingerprint density at radius 1 is 1.48 bits per heavy atom. The first-order chi connectivity index (χ1) is 9.82. The molecule has 116 valence electrons. The fourth-order valence-electron chi connectivity index (χ4n) is 2.39. The molecular weight excluding hydrogens is 316 g/mol. The lowest BCUT2D eigenvalue weighted by molar-refractivity contribution is -0.119. The number of hydrogen-bond donors (Lipinski definition) is 1. The van der Waals surface area contributed by atoms with Gasteiger partial charge in [0.2, 0.25) is 15.9 Å². The maximum Gasteiger partial charge on any atom is 0.242 e. The summed E-state index contributed by atoms with van der Waals surface area (Å²) in [6.07, 6.45) is 2.28. The van der Waals surface area contributed by atoms with E-state index >= 15 is 0 Å². The van der Waals surface area contributed by atoms with Crippen LogP contribution in [0.2, 0.25) is 5.02 Å². The quantitative estimate of drug-likeness (QED) is 0.910. The van der Waals surface area contributed by atoms with Gasteiger partial charge in [0.05, 0.1) is 19.1 Å². The third kappa shape index (κ3) is 3.66. The molecule has 1 saturated heterocycles. The Balaban J connectivity index is 2.20. The van der Waals surface area contributed by atoms with Gasteiger partial charge in [-0.05, 0) is 31.0 Å². The summed E-state index contributed by atoms with van der Waals surface area (Å²) in [6.45, 7) is 0.365. The minimum absolute atomic E-state index is 0.365. The number of anilines is 1. The zero-order chi connectivity index (χ0) is 15.6. The van der Waals surface area contributed by atoms with Gasteiger partial charge in [-0.25, -0.2) is 8.42 Å². The van der Waals surface area contributed by atoms with Crippen LogP contribution >= 0.6 is 11.6 Å². The summed E-state index contributed by atoms with van der Waals surface area (Å²) in [5.74, 6) is 0.0927. The highest BCUT2D eigenvalue weighted by atomic mass is 35.5. The minimum Gasteiger partial charge on any atom is -0.495 e. The van der Waals surface area contributed by atoms with Crippen LogP contribution in [0, 0.1) is 0 Å². The van der Waals surface area contributed by atoms with Crippen LogP contribution in [0.4, 0.5) is 5.69 Å². The molecule has 21 heavy (non-hydrogen) atoms. The van der Waals surface area contributed by atoms with E-state index in [0.29, 0.717) is 35.8 Å². The van der Waals surface area contributed by atoms with Crippen LogP contribution in [0.5, 0.6) is 5.75 Å². The molecule has 0 spiro atoms. The minimum atomic E-state index is -3.40. The van der Waals surface area contributed by atoms with E-state index in [2.05, 4.69) is 5.32 Å². The highest BCUT2D eigenvalue weighted by Gasteiger charge is 2.36. The largest absolute Gasteiger partial charge is 0.495 e. The number of hydrogen-bond acceptors (Lipinski definition) is 4. The van der Waals surface area contributed by atoms with E-state index in [9.17, 15) is 13.2 Å². The number of benzene rings is 1. The third-order valence-corrected chi connectivity index (χ3v) is 4.88. The predicted molar refractivity (Wildman–Crippen MR) is 81.2 cm³/mol. The number of amides is 1. The second-order valence-corrected chi connectivity index (χ2v) is 7.24. The van der Waals surface area contributed by atoms with Crippen LogP contribution in [0.1, 0.15) is 12.8 Å². The number of carbonyl (C=O) groups is 1. The lowest BCUT2D eigenvalue weighted by atomic mass is 10.2. The fraction of sp³-hybridized carbons (Fsp3) is 0.462. The summed E-state index contributed by atoms with van der Waals surface area (Å²) in [5, 5.41) is 3.15. The van der Waals surface area contributed by atoms with Gasteiger partial charge in [0.15, 0.2) is 0 Å². The average molecular weight is 333 g/mol. The molecule has 0 radical (unpaired) electrons. The zero-order valence-corrected chi connectivity index (χ0v) is 13.4. The molecule has 1 unspecified atom stereocenters. The Hall–Kier alpha value is -1.31. The molecule has 0 aliphatic carbocycles. The van der Waals surface area contributed by atoms with Crippen LogP contribution in [0.15, 0.2) is 18.2 Å². The summed E-state index contributed by atoms with van der Waals surface area (Å²) < 4.78 is 29.7. The molecule has 1 N–H and O–H groups in total. The van der Waals surface area contributed by atoms with E-state index in [4.69, 9.17) is 16.3 Å². The summed E-state index contributed by atoms with van der Waals surface area (Å²) in [5.41, 5.74) is 0.426. The Bertz CT molecular complexity index is 648. The third-order valence-electron chi connectivity index (χ3n) is 3.35. The number of nitrogens with one attached hydrogen (secondary N) is 1. The van der Waals surface area contributed by atoms with Crippen LogP contribution in [-0.4, -0.2) is 44.6 Å². The topological polar surface area (TPSA) is 75.7 Å². The number of sulfonamides is 1. The van der Waals surface area contributed by atoms with Gasteiger partial charge in [0, 0.05) is 11.6 Å². The highest BCUT2D eigenvalue weighted by Crippen LogP contribution is 2.29. The maximum atomic E-state index is 12.3. The fourth-order valence-corrected chi connectivity index (χ4v) is 3.69. The number of nitrogens with zero attached hydrogens (tertiary/aromatic N) is 1. The SMILES string of the molecule is COc1ccc(Cl)cc1NC(=O)C1CCCN1S(C)(=O)=O. The van der Waals surface area contributed by atoms with E-state index in [-0.39, 0.29) is 5.91 Å². The number of halogens is 1. The van der Waals surface area contributed by atoms with E-state index in [0.717, 1.165) is 6.26 Å². The number of carbonyl (C=O) groups excluding carboxylic acids is 1. The first-order valence-corrected chi connectivity index (χ1v) is 8.67. The van der Waals surface area contributed by atoms with Crippen molar-refractivity contribution in [3.63, 3.8) is 0 Å². The van der Waals surface area contributed by atoms with E-state index < -0.39 is 16.1 Å². The van der Waals surface area contributed by atoms with Crippen molar-refractivity contribution < 1.29 is 17.9 Å². The molecule has 0 saturated carbocycles. The Morgan fingerprint density at radius 2 is 2.19 bits per heavy atom. The second kappa shape index (κ2) is 6.21. The smallest absolute Gasteiger partial charge is 0.242 e. The lowest BCUT2D eigenvalue weighted by Gasteiger charge is -2.21. The predicted octanol–water partition coefficient (Wildman–Crippen LogP) is 1.71. The summed E-state index contributed by atoms with van der Waals surface area (Å²) in [6, 6.07) is 4.16. The molecule has 1 aromatic carbocycles. The molecule has 0 aromatic heterocycles. The van der Waals surface area contributed by atoms with Gasteiger partial charge >= 0.3 is 0 Å². The van der Waals surface area contributed by atoms with Crippen molar-refractivity contribution >= 4 is 33.2 Å². The van der Waals surface area contributed by atoms with E-state index in [1.807, 2.05) is 0 Å². The molecule has 1 aliphatic heterocycles. The van der Waals surface area contributed by atoms with Gasteiger partial charge in [-0.2, -0.15) is 4.31 Å². The summed E-state index contributed by atoms with van der Waals surface area (Å²) in [7, 11) is -1.91. The maximum absolute atomic E-state index is 12.3.